The molecule has 0 saturated heterocycles. The maximum Gasteiger partial charge on any atom is 0.337 e. The largest absolute Gasteiger partial charge is 0.478 e. The van der Waals surface area contributed by atoms with E-state index in [0.29, 0.717) is 13.1 Å². The lowest BCUT2D eigenvalue weighted by Gasteiger charge is -2.20. The van der Waals surface area contributed by atoms with Gasteiger partial charge in [-0.2, -0.15) is 0 Å². The summed E-state index contributed by atoms with van der Waals surface area (Å²) >= 11 is 0. The van der Waals surface area contributed by atoms with Gasteiger partial charge in [-0.25, -0.2) is 4.79 Å². The lowest BCUT2D eigenvalue weighted by Crippen LogP contribution is -2.35. The second-order valence-electron chi connectivity index (χ2n) is 4.23. The zero-order valence-corrected chi connectivity index (χ0v) is 11.2. The third-order valence-electron chi connectivity index (χ3n) is 2.64. The summed E-state index contributed by atoms with van der Waals surface area (Å²) in [6.07, 6.45) is 2.27. The summed E-state index contributed by atoms with van der Waals surface area (Å²) in [5.41, 5.74) is 0.916. The maximum absolute atomic E-state index is 11.4. The van der Waals surface area contributed by atoms with Crippen molar-refractivity contribution in [3.05, 3.63) is 29.6 Å². The number of pyridine rings is 1. The Balaban J connectivity index is 2.67. The molecule has 6 nitrogen and oxygen atoms in total. The molecule has 0 radical (unpaired) electrons. The van der Waals surface area contributed by atoms with Crippen LogP contribution in [0.3, 0.4) is 0 Å². The number of amides is 1. The smallest absolute Gasteiger partial charge is 0.337 e. The molecule has 1 heterocycles. The number of nitrogens with zero attached hydrogens (tertiary/aromatic N) is 2. The summed E-state index contributed by atoms with van der Waals surface area (Å²) in [7, 11) is 1.60. The summed E-state index contributed by atoms with van der Waals surface area (Å²) in [5.74, 6) is -1.04. The van der Waals surface area contributed by atoms with E-state index in [-0.39, 0.29) is 11.5 Å². The van der Waals surface area contributed by atoms with Gasteiger partial charge in [-0.15, -0.1) is 0 Å². The highest BCUT2D eigenvalue weighted by Gasteiger charge is 2.11. The van der Waals surface area contributed by atoms with Gasteiger partial charge in [-0.05, 0) is 25.1 Å². The van der Waals surface area contributed by atoms with Crippen molar-refractivity contribution in [2.24, 2.45) is 0 Å². The van der Waals surface area contributed by atoms with Gasteiger partial charge in [0.2, 0.25) is 5.91 Å². The monoisotopic (exact) mass is 265 g/mol. The van der Waals surface area contributed by atoms with Crippen LogP contribution in [0.5, 0.6) is 0 Å². The molecule has 1 rings (SSSR count). The molecule has 6 heteroatoms. The molecular weight excluding hydrogens is 246 g/mol. The van der Waals surface area contributed by atoms with E-state index in [1.165, 1.54) is 12.3 Å². The zero-order valence-electron chi connectivity index (χ0n) is 11.2. The Morgan fingerprint density at radius 1 is 1.42 bits per heavy atom. The number of carboxylic acids is 1. The standard InChI is InChI=1S/C13H19N3O3/c1-3-6-16(9-12(17)14-2)8-11-5-4-10(7-15-11)13(18)19/h4-5,7H,3,6,8-9H2,1-2H3,(H,14,17)(H,18,19). The first kappa shape index (κ1) is 15.1. The number of carboxylic acid groups (broad SMARTS) is 1. The van der Waals surface area contributed by atoms with Crippen LogP contribution in [0.4, 0.5) is 0 Å². The molecule has 0 fully saturated rings. The van der Waals surface area contributed by atoms with Gasteiger partial charge in [0.15, 0.2) is 0 Å². The Bertz CT molecular complexity index is 431. The van der Waals surface area contributed by atoms with Crippen LogP contribution in [0.2, 0.25) is 0 Å². The van der Waals surface area contributed by atoms with E-state index in [0.717, 1.165) is 18.7 Å². The molecule has 0 spiro atoms. The SMILES string of the molecule is CCCN(CC(=O)NC)Cc1ccc(C(=O)O)cn1. The summed E-state index contributed by atoms with van der Waals surface area (Å²) < 4.78 is 0. The van der Waals surface area contributed by atoms with Gasteiger partial charge in [0, 0.05) is 19.8 Å². The van der Waals surface area contributed by atoms with Crippen molar-refractivity contribution in [3.63, 3.8) is 0 Å². The molecule has 0 aromatic carbocycles. The van der Waals surface area contributed by atoms with E-state index in [9.17, 15) is 9.59 Å². The summed E-state index contributed by atoms with van der Waals surface area (Å²) in [4.78, 5) is 28.2. The van der Waals surface area contributed by atoms with Crippen LogP contribution in [0.25, 0.3) is 0 Å². The lowest BCUT2D eigenvalue weighted by atomic mass is 10.2. The first-order valence-electron chi connectivity index (χ1n) is 6.18. The number of nitrogens with one attached hydrogen (secondary N) is 1. The van der Waals surface area contributed by atoms with Crippen LogP contribution in [0.15, 0.2) is 18.3 Å². The van der Waals surface area contributed by atoms with E-state index < -0.39 is 5.97 Å². The molecule has 1 amide bonds. The fourth-order valence-corrected chi connectivity index (χ4v) is 1.69. The third-order valence-corrected chi connectivity index (χ3v) is 2.64. The minimum Gasteiger partial charge on any atom is -0.478 e. The highest BCUT2D eigenvalue weighted by Crippen LogP contribution is 2.05. The van der Waals surface area contributed by atoms with Crippen molar-refractivity contribution in [3.8, 4) is 0 Å². The van der Waals surface area contributed by atoms with Crippen molar-refractivity contribution in [2.75, 3.05) is 20.1 Å². The quantitative estimate of drug-likeness (QED) is 0.759. The highest BCUT2D eigenvalue weighted by atomic mass is 16.4. The van der Waals surface area contributed by atoms with Gasteiger partial charge < -0.3 is 10.4 Å². The minimum atomic E-state index is -0.991. The second-order valence-corrected chi connectivity index (χ2v) is 4.23. The van der Waals surface area contributed by atoms with E-state index >= 15 is 0 Å². The van der Waals surface area contributed by atoms with E-state index in [2.05, 4.69) is 10.3 Å². The second kappa shape index (κ2) is 7.48. The zero-order chi connectivity index (χ0) is 14.3. The molecule has 0 bridgehead atoms. The molecule has 2 N–H and O–H groups in total. The average molecular weight is 265 g/mol. The number of likely N-dealkylation sites (N-methyl/N-ethyl adjacent to an activating group) is 1. The van der Waals surface area contributed by atoms with Crippen LogP contribution in [0.1, 0.15) is 29.4 Å². The van der Waals surface area contributed by atoms with Crippen molar-refractivity contribution in [1.82, 2.24) is 15.2 Å². The first-order valence-corrected chi connectivity index (χ1v) is 6.18. The molecule has 0 aliphatic rings. The topological polar surface area (TPSA) is 82.5 Å². The van der Waals surface area contributed by atoms with Gasteiger partial charge in [0.05, 0.1) is 17.8 Å². The highest BCUT2D eigenvalue weighted by molar-refractivity contribution is 5.87. The minimum absolute atomic E-state index is 0.0457. The van der Waals surface area contributed by atoms with Crippen molar-refractivity contribution < 1.29 is 14.7 Å². The normalized spacial score (nSPS) is 10.5. The first-order chi connectivity index (χ1) is 9.06. The molecule has 19 heavy (non-hydrogen) atoms. The fraction of sp³-hybridized carbons (Fsp3) is 0.462. The molecular formula is C13H19N3O3. The summed E-state index contributed by atoms with van der Waals surface area (Å²) in [6.45, 7) is 3.67. The van der Waals surface area contributed by atoms with E-state index in [1.54, 1.807) is 13.1 Å². The maximum atomic E-state index is 11.4. The molecule has 0 saturated carbocycles. The number of aromatic carboxylic acids is 1. The van der Waals surface area contributed by atoms with Crippen molar-refractivity contribution in [1.29, 1.82) is 0 Å². The van der Waals surface area contributed by atoms with Crippen LogP contribution in [-0.4, -0.2) is 47.0 Å². The number of carbonyl (C=O) groups excluding carboxylic acids is 1. The predicted octanol–water partition coefficient (Wildman–Crippen LogP) is 0.738. The van der Waals surface area contributed by atoms with E-state index in [1.807, 2.05) is 11.8 Å². The van der Waals surface area contributed by atoms with Crippen LogP contribution in [0, 0.1) is 0 Å². The molecule has 0 aliphatic carbocycles. The molecule has 1 aromatic rings. The Kier molecular flexibility index (Phi) is 5.95. The van der Waals surface area contributed by atoms with Gasteiger partial charge in [0.1, 0.15) is 0 Å². The number of hydrogen-bond donors (Lipinski definition) is 2. The molecule has 0 aliphatic heterocycles. The van der Waals surface area contributed by atoms with Crippen LogP contribution >= 0.6 is 0 Å². The predicted molar refractivity (Wildman–Crippen MR) is 70.8 cm³/mol. The molecule has 1 aromatic heterocycles. The Morgan fingerprint density at radius 3 is 2.63 bits per heavy atom. The van der Waals surface area contributed by atoms with Crippen molar-refractivity contribution >= 4 is 11.9 Å². The Morgan fingerprint density at radius 2 is 2.16 bits per heavy atom. The Hall–Kier alpha value is -1.95. The number of rotatable bonds is 7. The number of aromatic nitrogens is 1. The Labute approximate surface area is 112 Å². The van der Waals surface area contributed by atoms with Crippen LogP contribution < -0.4 is 5.32 Å². The van der Waals surface area contributed by atoms with Gasteiger partial charge >= 0.3 is 5.97 Å². The average Bonchev–Trinajstić information content (AvgIpc) is 2.39. The van der Waals surface area contributed by atoms with Crippen LogP contribution in [-0.2, 0) is 11.3 Å². The fourth-order valence-electron chi connectivity index (χ4n) is 1.69. The van der Waals surface area contributed by atoms with Crippen molar-refractivity contribution in [2.45, 2.75) is 19.9 Å². The van der Waals surface area contributed by atoms with Gasteiger partial charge in [0.25, 0.3) is 0 Å². The molecule has 0 unspecified atom stereocenters. The number of carbonyl (C=O) groups is 2. The summed E-state index contributed by atoms with van der Waals surface area (Å²) in [5, 5.41) is 11.4. The lowest BCUT2D eigenvalue weighted by molar-refractivity contribution is -0.121. The third kappa shape index (κ3) is 5.05. The molecule has 0 atom stereocenters. The van der Waals surface area contributed by atoms with E-state index in [4.69, 9.17) is 5.11 Å². The van der Waals surface area contributed by atoms with Gasteiger partial charge in [-0.3, -0.25) is 14.7 Å². The summed E-state index contributed by atoms with van der Waals surface area (Å²) in [6, 6.07) is 3.20. The van der Waals surface area contributed by atoms with Gasteiger partial charge in [-0.1, -0.05) is 6.92 Å². The number of hydrogen-bond acceptors (Lipinski definition) is 4. The molecule has 104 valence electrons.